The minimum absolute atomic E-state index is 0. The fraction of sp³-hybridized carbons (Fsp3) is 0.350. The lowest BCUT2D eigenvalue weighted by Gasteiger charge is -2.26. The summed E-state index contributed by atoms with van der Waals surface area (Å²) in [7, 11) is 0. The molecule has 0 spiro atoms. The molecule has 0 aromatic heterocycles. The second-order valence-electron chi connectivity index (χ2n) is 6.14. The number of ether oxygens (including phenoxy) is 1. The van der Waals surface area contributed by atoms with E-state index < -0.39 is 0 Å². The van der Waals surface area contributed by atoms with Crippen LogP contribution in [0.15, 0.2) is 60.7 Å². The summed E-state index contributed by atoms with van der Waals surface area (Å²) >= 11 is 0. The van der Waals surface area contributed by atoms with Gasteiger partial charge in [-0.25, -0.2) is 0 Å². The van der Waals surface area contributed by atoms with Gasteiger partial charge >= 0.3 is 0 Å². The van der Waals surface area contributed by atoms with E-state index in [1.165, 1.54) is 0 Å². The van der Waals surface area contributed by atoms with E-state index in [9.17, 15) is 4.79 Å². The zero-order chi connectivity index (χ0) is 16.6. The van der Waals surface area contributed by atoms with E-state index in [1.807, 2.05) is 60.7 Å². The molecule has 2 atom stereocenters. The Morgan fingerprint density at radius 2 is 1.80 bits per heavy atom. The van der Waals surface area contributed by atoms with E-state index in [0.29, 0.717) is 6.61 Å². The van der Waals surface area contributed by atoms with Crippen molar-refractivity contribution in [1.29, 1.82) is 0 Å². The van der Waals surface area contributed by atoms with Gasteiger partial charge in [0.1, 0.15) is 12.4 Å². The molecule has 0 bridgehead atoms. The van der Waals surface area contributed by atoms with Crippen LogP contribution in [0.3, 0.4) is 0 Å². The topological polar surface area (TPSA) is 50.4 Å². The largest absolute Gasteiger partial charge is 0.491 e. The number of hydrogen-bond acceptors (Lipinski definition) is 3. The van der Waals surface area contributed by atoms with Gasteiger partial charge in [-0.3, -0.25) is 4.79 Å². The molecule has 2 N–H and O–H groups in total. The number of rotatable bonds is 6. The molecule has 0 saturated carbocycles. The van der Waals surface area contributed by atoms with Gasteiger partial charge in [0.2, 0.25) is 5.91 Å². The maximum Gasteiger partial charge on any atom is 0.224 e. The fourth-order valence-electron chi connectivity index (χ4n) is 2.97. The predicted octanol–water partition coefficient (Wildman–Crippen LogP) is 3.34. The first kappa shape index (κ1) is 19.3. The molecule has 1 fully saturated rings. The highest BCUT2D eigenvalue weighted by Crippen LogP contribution is 2.18. The molecule has 2 unspecified atom stereocenters. The molecule has 2 aromatic rings. The van der Waals surface area contributed by atoms with Crippen LogP contribution >= 0.6 is 12.4 Å². The number of carbonyl (C=O) groups is 1. The number of hydrogen-bond donors (Lipinski definition) is 2. The molecule has 1 aliphatic rings. The summed E-state index contributed by atoms with van der Waals surface area (Å²) < 4.78 is 5.88. The number of amides is 1. The van der Waals surface area contributed by atoms with Crippen molar-refractivity contribution in [2.75, 3.05) is 19.7 Å². The minimum Gasteiger partial charge on any atom is -0.491 e. The smallest absolute Gasteiger partial charge is 0.224 e. The SMILES string of the molecule is Cl.O=C(NC(COc1ccccc1)c1ccccc1)C1CCCNC1. The lowest BCUT2D eigenvalue weighted by molar-refractivity contribution is -0.126. The van der Waals surface area contributed by atoms with Crippen LogP contribution in [0.2, 0.25) is 0 Å². The van der Waals surface area contributed by atoms with Gasteiger partial charge in [0.25, 0.3) is 0 Å². The van der Waals surface area contributed by atoms with Gasteiger partial charge in [-0.15, -0.1) is 12.4 Å². The molecule has 1 amide bonds. The van der Waals surface area contributed by atoms with Crippen LogP contribution in [0.25, 0.3) is 0 Å². The quantitative estimate of drug-likeness (QED) is 0.830. The lowest BCUT2D eigenvalue weighted by atomic mass is 9.97. The number of carbonyl (C=O) groups excluding carboxylic acids is 1. The molecule has 0 aliphatic carbocycles. The van der Waals surface area contributed by atoms with Crippen molar-refractivity contribution in [3.05, 3.63) is 66.2 Å². The summed E-state index contributed by atoms with van der Waals surface area (Å²) in [5.41, 5.74) is 1.06. The summed E-state index contributed by atoms with van der Waals surface area (Å²) in [6.45, 7) is 2.18. The maximum absolute atomic E-state index is 12.6. The number of para-hydroxylation sites is 1. The first-order valence-electron chi connectivity index (χ1n) is 8.57. The van der Waals surface area contributed by atoms with E-state index in [1.54, 1.807) is 0 Å². The van der Waals surface area contributed by atoms with Crippen LogP contribution < -0.4 is 15.4 Å². The van der Waals surface area contributed by atoms with Gasteiger partial charge in [0.05, 0.1) is 12.0 Å². The van der Waals surface area contributed by atoms with Crippen LogP contribution in [-0.2, 0) is 4.79 Å². The predicted molar refractivity (Wildman–Crippen MR) is 102 cm³/mol. The highest BCUT2D eigenvalue weighted by atomic mass is 35.5. The Balaban J connectivity index is 0.00000225. The minimum atomic E-state index is -0.152. The van der Waals surface area contributed by atoms with Crippen molar-refractivity contribution in [3.63, 3.8) is 0 Å². The molecule has 134 valence electrons. The average molecular weight is 361 g/mol. The monoisotopic (exact) mass is 360 g/mol. The van der Waals surface area contributed by atoms with Crippen molar-refractivity contribution < 1.29 is 9.53 Å². The molecule has 5 heteroatoms. The number of nitrogens with one attached hydrogen (secondary N) is 2. The lowest BCUT2D eigenvalue weighted by Crippen LogP contribution is -2.43. The Hall–Kier alpha value is -2.04. The normalized spacial score (nSPS) is 17.8. The molecular weight excluding hydrogens is 336 g/mol. The van der Waals surface area contributed by atoms with Crippen LogP contribution in [0.5, 0.6) is 5.75 Å². The summed E-state index contributed by atoms with van der Waals surface area (Å²) in [6, 6.07) is 19.5. The standard InChI is InChI=1S/C20H24N2O2.ClH/c23-20(17-10-7-13-21-14-17)22-19(16-8-3-1-4-9-16)15-24-18-11-5-2-6-12-18;/h1-6,8-9,11-12,17,19,21H,7,10,13-15H2,(H,22,23);1H. The molecule has 4 nitrogen and oxygen atoms in total. The van der Waals surface area contributed by atoms with E-state index in [-0.39, 0.29) is 30.3 Å². The van der Waals surface area contributed by atoms with E-state index in [2.05, 4.69) is 10.6 Å². The highest BCUT2D eigenvalue weighted by molar-refractivity contribution is 5.85. The number of piperidine rings is 1. The molecule has 25 heavy (non-hydrogen) atoms. The Kier molecular flexibility index (Phi) is 7.76. The van der Waals surface area contributed by atoms with Crippen molar-refractivity contribution in [2.45, 2.75) is 18.9 Å². The second-order valence-corrected chi connectivity index (χ2v) is 6.14. The van der Waals surface area contributed by atoms with E-state index in [4.69, 9.17) is 4.74 Å². The van der Waals surface area contributed by atoms with Gasteiger partial charge < -0.3 is 15.4 Å². The Morgan fingerprint density at radius 3 is 2.44 bits per heavy atom. The van der Waals surface area contributed by atoms with Crippen LogP contribution in [0.4, 0.5) is 0 Å². The molecule has 2 aromatic carbocycles. The molecule has 1 saturated heterocycles. The van der Waals surface area contributed by atoms with E-state index >= 15 is 0 Å². The van der Waals surface area contributed by atoms with Crippen molar-refractivity contribution >= 4 is 18.3 Å². The maximum atomic E-state index is 12.6. The Bertz CT molecular complexity index is 631. The summed E-state index contributed by atoms with van der Waals surface area (Å²) in [6.07, 6.45) is 1.99. The highest BCUT2D eigenvalue weighted by Gasteiger charge is 2.24. The van der Waals surface area contributed by atoms with Crippen molar-refractivity contribution in [1.82, 2.24) is 10.6 Å². The van der Waals surface area contributed by atoms with Gasteiger partial charge in [-0.05, 0) is 37.1 Å². The summed E-state index contributed by atoms with van der Waals surface area (Å²) in [5, 5.41) is 6.46. The van der Waals surface area contributed by atoms with Crippen LogP contribution in [0, 0.1) is 5.92 Å². The van der Waals surface area contributed by atoms with Crippen LogP contribution in [-0.4, -0.2) is 25.6 Å². The van der Waals surface area contributed by atoms with Gasteiger partial charge in [-0.1, -0.05) is 48.5 Å². The molecule has 1 heterocycles. The Morgan fingerprint density at radius 1 is 1.12 bits per heavy atom. The molecule has 0 radical (unpaired) electrons. The zero-order valence-electron chi connectivity index (χ0n) is 14.2. The van der Waals surface area contributed by atoms with Gasteiger partial charge in [0.15, 0.2) is 0 Å². The van der Waals surface area contributed by atoms with Crippen LogP contribution in [0.1, 0.15) is 24.4 Å². The number of benzene rings is 2. The summed E-state index contributed by atoms with van der Waals surface area (Å²) in [5.74, 6) is 0.960. The van der Waals surface area contributed by atoms with Crippen molar-refractivity contribution in [3.8, 4) is 5.75 Å². The fourth-order valence-corrected chi connectivity index (χ4v) is 2.97. The van der Waals surface area contributed by atoms with Gasteiger partial charge in [-0.2, -0.15) is 0 Å². The summed E-state index contributed by atoms with van der Waals surface area (Å²) in [4.78, 5) is 12.6. The Labute approximate surface area is 155 Å². The first-order chi connectivity index (χ1) is 11.8. The van der Waals surface area contributed by atoms with Crippen molar-refractivity contribution in [2.24, 2.45) is 5.92 Å². The van der Waals surface area contributed by atoms with E-state index in [0.717, 1.165) is 37.2 Å². The third-order valence-corrected chi connectivity index (χ3v) is 4.35. The second kappa shape index (κ2) is 10.1. The zero-order valence-corrected chi connectivity index (χ0v) is 15.0. The average Bonchev–Trinajstić information content (AvgIpc) is 2.67. The third-order valence-electron chi connectivity index (χ3n) is 4.35. The molecular formula is C20H25ClN2O2. The first-order valence-corrected chi connectivity index (χ1v) is 8.57. The number of halogens is 1. The third kappa shape index (κ3) is 5.76. The molecule has 1 aliphatic heterocycles. The molecule has 3 rings (SSSR count). The van der Waals surface area contributed by atoms with Gasteiger partial charge in [0, 0.05) is 6.54 Å².